The smallest absolute Gasteiger partial charge is 0.237 e. The summed E-state index contributed by atoms with van der Waals surface area (Å²) in [6.45, 7) is 0.146. The Labute approximate surface area is 148 Å². The van der Waals surface area contributed by atoms with E-state index in [1.54, 1.807) is 18.3 Å². The first kappa shape index (κ1) is 15.6. The Morgan fingerprint density at radius 1 is 1.12 bits per heavy atom. The van der Waals surface area contributed by atoms with Crippen molar-refractivity contribution in [2.75, 3.05) is 5.73 Å². The Morgan fingerprint density at radius 2 is 1.96 bits per heavy atom. The van der Waals surface area contributed by atoms with Crippen LogP contribution in [0.4, 0.5) is 5.95 Å². The van der Waals surface area contributed by atoms with Crippen LogP contribution >= 0.6 is 0 Å². The van der Waals surface area contributed by atoms with Crippen LogP contribution in [0.1, 0.15) is 11.3 Å². The van der Waals surface area contributed by atoms with Gasteiger partial charge in [0.1, 0.15) is 23.9 Å². The molecule has 3 heterocycles. The van der Waals surface area contributed by atoms with E-state index in [4.69, 9.17) is 14.9 Å². The van der Waals surface area contributed by atoms with Crippen molar-refractivity contribution in [2.45, 2.75) is 6.61 Å². The van der Waals surface area contributed by atoms with Gasteiger partial charge in [0, 0.05) is 11.6 Å². The molecule has 0 fully saturated rings. The minimum Gasteiger partial charge on any atom is -0.470 e. The second-order valence-electron chi connectivity index (χ2n) is 5.51. The molecule has 3 aromatic heterocycles. The first-order chi connectivity index (χ1) is 12.7. The minimum absolute atomic E-state index is 0.00290. The summed E-state index contributed by atoms with van der Waals surface area (Å²) in [6, 6.07) is 15.3. The van der Waals surface area contributed by atoms with Crippen molar-refractivity contribution in [1.29, 1.82) is 5.26 Å². The van der Waals surface area contributed by atoms with E-state index in [2.05, 4.69) is 21.0 Å². The van der Waals surface area contributed by atoms with Gasteiger partial charge in [0.25, 0.3) is 0 Å². The van der Waals surface area contributed by atoms with Gasteiger partial charge >= 0.3 is 0 Å². The summed E-state index contributed by atoms with van der Waals surface area (Å²) >= 11 is 0. The quantitative estimate of drug-likeness (QED) is 0.605. The van der Waals surface area contributed by atoms with Gasteiger partial charge in [0.2, 0.25) is 11.8 Å². The molecule has 4 aromatic rings. The highest BCUT2D eigenvalue weighted by molar-refractivity contribution is 5.81. The van der Waals surface area contributed by atoms with Crippen molar-refractivity contribution in [1.82, 2.24) is 15.0 Å². The molecule has 0 aliphatic heterocycles. The summed E-state index contributed by atoms with van der Waals surface area (Å²) < 4.78 is 11.0. The molecular formula is C19H13N5O2. The van der Waals surface area contributed by atoms with Gasteiger partial charge in [0.05, 0.1) is 12.0 Å². The highest BCUT2D eigenvalue weighted by Crippen LogP contribution is 2.28. The highest BCUT2D eigenvalue weighted by Gasteiger charge is 2.18. The van der Waals surface area contributed by atoms with Gasteiger partial charge in [-0.3, -0.25) is 4.98 Å². The summed E-state index contributed by atoms with van der Waals surface area (Å²) in [4.78, 5) is 12.5. The number of rotatable bonds is 4. The Balaban J connectivity index is 1.66. The van der Waals surface area contributed by atoms with E-state index in [9.17, 15) is 5.26 Å². The zero-order chi connectivity index (χ0) is 17.9. The lowest BCUT2D eigenvalue weighted by molar-refractivity contribution is 0.288. The molecule has 0 bridgehead atoms. The van der Waals surface area contributed by atoms with Gasteiger partial charge in [0.15, 0.2) is 5.76 Å². The number of nitrogens with two attached hydrogens (primary N) is 1. The van der Waals surface area contributed by atoms with E-state index in [0.717, 1.165) is 10.8 Å². The molecule has 0 atom stereocenters. The van der Waals surface area contributed by atoms with Gasteiger partial charge < -0.3 is 14.9 Å². The second kappa shape index (κ2) is 6.53. The van der Waals surface area contributed by atoms with Gasteiger partial charge in [-0.25, -0.2) is 4.98 Å². The molecule has 0 aliphatic rings. The first-order valence-electron chi connectivity index (χ1n) is 7.82. The van der Waals surface area contributed by atoms with Crippen LogP contribution in [0.15, 0.2) is 59.3 Å². The average Bonchev–Trinajstić information content (AvgIpc) is 3.20. The molecule has 7 nitrogen and oxygen atoms in total. The third-order valence-corrected chi connectivity index (χ3v) is 3.80. The predicted molar refractivity (Wildman–Crippen MR) is 94.9 cm³/mol. The number of benzene rings is 1. The molecule has 126 valence electrons. The van der Waals surface area contributed by atoms with E-state index in [1.807, 2.05) is 30.3 Å². The molecular weight excluding hydrogens is 330 g/mol. The number of nitriles is 1. The molecule has 0 spiro atoms. The van der Waals surface area contributed by atoms with Crippen molar-refractivity contribution >= 4 is 16.7 Å². The molecule has 7 heteroatoms. The van der Waals surface area contributed by atoms with Crippen molar-refractivity contribution < 1.29 is 9.15 Å². The number of nitrogens with zero attached hydrogens (tertiary/aromatic N) is 4. The SMILES string of the molecule is N#Cc1c(OCc2cc3ccccc3cn2)nc(N)nc1-c1ccco1. The maximum Gasteiger partial charge on any atom is 0.237 e. The normalized spacial score (nSPS) is 10.6. The molecule has 2 N–H and O–H groups in total. The van der Waals surface area contributed by atoms with Crippen LogP contribution in [0, 0.1) is 11.3 Å². The molecule has 0 radical (unpaired) electrons. The highest BCUT2D eigenvalue weighted by atomic mass is 16.5. The molecule has 1 aromatic carbocycles. The maximum atomic E-state index is 9.52. The molecule has 0 aliphatic carbocycles. The van der Waals surface area contributed by atoms with Crippen LogP contribution in [0.5, 0.6) is 5.88 Å². The zero-order valence-corrected chi connectivity index (χ0v) is 13.6. The fourth-order valence-electron chi connectivity index (χ4n) is 2.60. The Bertz CT molecular complexity index is 1120. The molecule has 4 rings (SSSR count). The van der Waals surface area contributed by atoms with Crippen LogP contribution in [0.2, 0.25) is 0 Å². The maximum absolute atomic E-state index is 9.52. The van der Waals surface area contributed by atoms with E-state index in [0.29, 0.717) is 17.1 Å². The number of hydrogen-bond donors (Lipinski definition) is 1. The lowest BCUT2D eigenvalue weighted by atomic mass is 10.1. The fourth-order valence-corrected chi connectivity index (χ4v) is 2.60. The predicted octanol–water partition coefficient (Wildman–Crippen LogP) is 3.32. The average molecular weight is 343 g/mol. The third-order valence-electron chi connectivity index (χ3n) is 3.80. The fraction of sp³-hybridized carbons (Fsp3) is 0.0526. The summed E-state index contributed by atoms with van der Waals surface area (Å²) in [7, 11) is 0. The third kappa shape index (κ3) is 2.91. The van der Waals surface area contributed by atoms with E-state index in [-0.39, 0.29) is 24.0 Å². The van der Waals surface area contributed by atoms with E-state index < -0.39 is 0 Å². The molecule has 0 saturated heterocycles. The van der Waals surface area contributed by atoms with Crippen molar-refractivity contribution in [2.24, 2.45) is 0 Å². The van der Waals surface area contributed by atoms with Crippen LogP contribution in [0.25, 0.3) is 22.2 Å². The van der Waals surface area contributed by atoms with E-state index in [1.165, 1.54) is 6.26 Å². The number of aromatic nitrogens is 3. The van der Waals surface area contributed by atoms with Gasteiger partial charge in [-0.15, -0.1) is 0 Å². The van der Waals surface area contributed by atoms with Gasteiger partial charge in [-0.1, -0.05) is 24.3 Å². The topological polar surface area (TPSA) is 111 Å². The number of fused-ring (bicyclic) bond motifs is 1. The lowest BCUT2D eigenvalue weighted by Crippen LogP contribution is -2.06. The number of nitrogen functional groups attached to an aromatic ring is 1. The molecule has 0 unspecified atom stereocenters. The largest absolute Gasteiger partial charge is 0.470 e. The van der Waals surface area contributed by atoms with Gasteiger partial charge in [-0.2, -0.15) is 10.2 Å². The number of anilines is 1. The Morgan fingerprint density at radius 3 is 2.73 bits per heavy atom. The first-order valence-corrected chi connectivity index (χ1v) is 7.82. The van der Waals surface area contributed by atoms with Crippen molar-refractivity contribution in [3.8, 4) is 23.4 Å². The molecule has 26 heavy (non-hydrogen) atoms. The molecule has 0 amide bonds. The Hall–Kier alpha value is -3.92. The van der Waals surface area contributed by atoms with Crippen molar-refractivity contribution in [3.05, 3.63) is 66.2 Å². The minimum atomic E-state index is -0.00290. The number of pyridine rings is 1. The van der Waals surface area contributed by atoms with Crippen molar-refractivity contribution in [3.63, 3.8) is 0 Å². The summed E-state index contributed by atoms with van der Waals surface area (Å²) in [5, 5.41) is 11.6. The number of hydrogen-bond acceptors (Lipinski definition) is 7. The molecule has 0 saturated carbocycles. The monoisotopic (exact) mass is 343 g/mol. The van der Waals surface area contributed by atoms with Gasteiger partial charge in [-0.05, 0) is 23.6 Å². The zero-order valence-electron chi connectivity index (χ0n) is 13.6. The van der Waals surface area contributed by atoms with Crippen LogP contribution in [-0.4, -0.2) is 15.0 Å². The number of ether oxygens (including phenoxy) is 1. The van der Waals surface area contributed by atoms with E-state index >= 15 is 0 Å². The lowest BCUT2D eigenvalue weighted by Gasteiger charge is -2.10. The standard InChI is InChI=1S/C19H13N5O2/c20-9-15-17(16-6-3-7-25-16)23-19(21)24-18(15)26-11-14-8-12-4-1-2-5-13(12)10-22-14/h1-8,10H,11H2,(H2,21,23,24). The van der Waals surface area contributed by atoms with Crippen LogP contribution in [0.3, 0.4) is 0 Å². The second-order valence-corrected chi connectivity index (χ2v) is 5.51. The Kier molecular flexibility index (Phi) is 3.92. The summed E-state index contributed by atoms with van der Waals surface area (Å²) in [6.07, 6.45) is 3.27. The number of furan rings is 1. The summed E-state index contributed by atoms with van der Waals surface area (Å²) in [5.74, 6) is 0.516. The summed E-state index contributed by atoms with van der Waals surface area (Å²) in [5.41, 5.74) is 6.94. The van der Waals surface area contributed by atoms with Crippen LogP contribution in [-0.2, 0) is 6.61 Å². The van der Waals surface area contributed by atoms with Crippen LogP contribution < -0.4 is 10.5 Å².